The second-order valence-electron chi connectivity index (χ2n) is 3.09. The monoisotopic (exact) mass is 351 g/mol. The molecule has 18 heavy (non-hydrogen) atoms. The van der Waals surface area contributed by atoms with Gasteiger partial charge in [-0.3, -0.25) is 0 Å². The van der Waals surface area contributed by atoms with Crippen molar-refractivity contribution < 1.29 is 9.47 Å². The molecular formula is C10H10Cl5NO2. The van der Waals surface area contributed by atoms with E-state index in [9.17, 15) is 0 Å². The lowest BCUT2D eigenvalue weighted by Gasteiger charge is -2.18. The molecule has 0 bridgehead atoms. The Hall–Kier alpha value is 0.200. The van der Waals surface area contributed by atoms with E-state index in [2.05, 4.69) is 4.98 Å². The first-order chi connectivity index (χ1) is 8.32. The number of rotatable bonds is 4. The molecule has 8 heteroatoms. The van der Waals surface area contributed by atoms with Crippen molar-refractivity contribution in [3.63, 3.8) is 0 Å². The van der Waals surface area contributed by atoms with Crippen molar-refractivity contribution in [3.05, 3.63) is 15.7 Å². The van der Waals surface area contributed by atoms with E-state index >= 15 is 0 Å². The van der Waals surface area contributed by atoms with Gasteiger partial charge in [0.1, 0.15) is 15.7 Å². The Morgan fingerprint density at radius 1 is 1.00 bits per heavy atom. The predicted octanol–water partition coefficient (Wildman–Crippen LogP) is 5.01. The molecule has 1 aromatic heterocycles. The van der Waals surface area contributed by atoms with E-state index in [0.29, 0.717) is 13.2 Å². The highest BCUT2D eigenvalue weighted by Crippen LogP contribution is 2.48. The number of aromatic nitrogens is 1. The summed E-state index contributed by atoms with van der Waals surface area (Å²) >= 11 is 29.5. The highest BCUT2D eigenvalue weighted by atomic mass is 35.6. The zero-order valence-corrected chi connectivity index (χ0v) is 13.3. The standard InChI is InChI=1S/C10H10Cl5NO2/c1-3-17-7-5(11)8(10(13,14)15)16-9(6(7)12)18-4-2/h3-4H2,1-2H3. The number of nitrogens with zero attached hydrogens (tertiary/aromatic N) is 1. The molecule has 0 aromatic carbocycles. The summed E-state index contributed by atoms with van der Waals surface area (Å²) in [6.07, 6.45) is 0. The molecule has 0 N–H and O–H groups in total. The van der Waals surface area contributed by atoms with Crippen LogP contribution in [0.2, 0.25) is 10.0 Å². The van der Waals surface area contributed by atoms with Gasteiger partial charge in [0.25, 0.3) is 0 Å². The van der Waals surface area contributed by atoms with Gasteiger partial charge in [0.15, 0.2) is 5.75 Å². The predicted molar refractivity (Wildman–Crippen MR) is 75.8 cm³/mol. The molecule has 0 saturated carbocycles. The number of halogens is 5. The minimum atomic E-state index is -1.79. The molecule has 0 fully saturated rings. The maximum Gasteiger partial charge on any atom is 0.236 e. The van der Waals surface area contributed by atoms with Crippen LogP contribution in [0.25, 0.3) is 0 Å². The second kappa shape index (κ2) is 6.58. The van der Waals surface area contributed by atoms with Crippen LogP contribution in [0.15, 0.2) is 0 Å². The van der Waals surface area contributed by atoms with Crippen LogP contribution in [-0.2, 0) is 3.79 Å². The molecule has 1 heterocycles. The molecule has 0 amide bonds. The van der Waals surface area contributed by atoms with Gasteiger partial charge < -0.3 is 9.47 Å². The summed E-state index contributed by atoms with van der Waals surface area (Å²) in [6, 6.07) is 0. The molecule has 0 aliphatic carbocycles. The molecular weight excluding hydrogens is 343 g/mol. The Labute approximate surface area is 130 Å². The summed E-state index contributed by atoms with van der Waals surface area (Å²) in [7, 11) is 0. The van der Waals surface area contributed by atoms with E-state index in [1.165, 1.54) is 0 Å². The largest absolute Gasteiger partial charge is 0.490 e. The first kappa shape index (κ1) is 16.3. The average Bonchev–Trinajstić information content (AvgIpc) is 2.26. The van der Waals surface area contributed by atoms with Gasteiger partial charge in [-0.2, -0.15) is 0 Å². The Morgan fingerprint density at radius 3 is 2.00 bits per heavy atom. The third kappa shape index (κ3) is 3.61. The van der Waals surface area contributed by atoms with E-state index < -0.39 is 3.79 Å². The van der Waals surface area contributed by atoms with E-state index in [1.807, 2.05) is 0 Å². The quantitative estimate of drug-likeness (QED) is 0.713. The molecule has 1 aromatic rings. The van der Waals surface area contributed by atoms with Gasteiger partial charge in [0.05, 0.1) is 13.2 Å². The molecule has 0 saturated heterocycles. The highest BCUT2D eigenvalue weighted by molar-refractivity contribution is 6.67. The fourth-order valence-corrected chi connectivity index (χ4v) is 2.37. The summed E-state index contributed by atoms with van der Waals surface area (Å²) in [5.41, 5.74) is 0.0190. The molecule has 3 nitrogen and oxygen atoms in total. The minimum Gasteiger partial charge on any atom is -0.490 e. The summed E-state index contributed by atoms with van der Waals surface area (Å²) in [5.74, 6) is 0.314. The summed E-state index contributed by atoms with van der Waals surface area (Å²) in [5, 5.41) is 0.215. The van der Waals surface area contributed by atoms with Gasteiger partial charge in [0, 0.05) is 0 Å². The first-order valence-electron chi connectivity index (χ1n) is 5.04. The minimum absolute atomic E-state index is 0.0190. The molecule has 0 atom stereocenters. The smallest absolute Gasteiger partial charge is 0.236 e. The summed E-state index contributed by atoms with van der Waals surface area (Å²) in [4.78, 5) is 4.01. The zero-order valence-electron chi connectivity index (χ0n) is 9.57. The SMILES string of the molecule is CCOc1nc(C(Cl)(Cl)Cl)c(Cl)c(OCC)c1Cl. The maximum atomic E-state index is 6.07. The second-order valence-corrected chi connectivity index (χ2v) is 6.12. The van der Waals surface area contributed by atoms with Crippen molar-refractivity contribution in [1.29, 1.82) is 0 Å². The number of pyridine rings is 1. The molecule has 1 rings (SSSR count). The lowest BCUT2D eigenvalue weighted by atomic mass is 10.3. The van der Waals surface area contributed by atoms with Crippen LogP contribution < -0.4 is 9.47 Å². The van der Waals surface area contributed by atoms with E-state index in [4.69, 9.17) is 67.5 Å². The lowest BCUT2D eigenvalue weighted by Crippen LogP contribution is -2.09. The van der Waals surface area contributed by atoms with Crippen molar-refractivity contribution in [1.82, 2.24) is 4.98 Å². The summed E-state index contributed by atoms with van der Waals surface area (Å²) in [6.45, 7) is 4.28. The number of ether oxygens (including phenoxy) is 2. The lowest BCUT2D eigenvalue weighted by molar-refractivity contribution is 0.313. The van der Waals surface area contributed by atoms with E-state index in [0.717, 1.165) is 0 Å². The molecule has 0 aliphatic rings. The molecule has 0 unspecified atom stereocenters. The van der Waals surface area contributed by atoms with Crippen LogP contribution >= 0.6 is 58.0 Å². The zero-order chi connectivity index (χ0) is 13.9. The molecule has 0 radical (unpaired) electrons. The van der Waals surface area contributed by atoms with Crippen LogP contribution in [0.3, 0.4) is 0 Å². The third-order valence-corrected chi connectivity index (χ3v) is 3.07. The van der Waals surface area contributed by atoms with Crippen LogP contribution in [0.5, 0.6) is 11.6 Å². The van der Waals surface area contributed by atoms with Crippen molar-refractivity contribution in [2.75, 3.05) is 13.2 Å². The van der Waals surface area contributed by atoms with Gasteiger partial charge in [-0.25, -0.2) is 4.98 Å². The Morgan fingerprint density at radius 2 is 1.56 bits per heavy atom. The van der Waals surface area contributed by atoms with Gasteiger partial charge in [-0.15, -0.1) is 0 Å². The number of hydrogen-bond donors (Lipinski definition) is 0. The topological polar surface area (TPSA) is 31.4 Å². The van der Waals surface area contributed by atoms with Crippen LogP contribution in [0, 0.1) is 0 Å². The van der Waals surface area contributed by atoms with Gasteiger partial charge in [-0.05, 0) is 13.8 Å². The Bertz CT molecular complexity index is 433. The average molecular weight is 353 g/mol. The van der Waals surface area contributed by atoms with Crippen LogP contribution in [0.1, 0.15) is 19.5 Å². The Kier molecular flexibility index (Phi) is 5.94. The normalized spacial score (nSPS) is 11.5. The van der Waals surface area contributed by atoms with Gasteiger partial charge in [-0.1, -0.05) is 58.0 Å². The maximum absolute atomic E-state index is 6.07. The van der Waals surface area contributed by atoms with Crippen LogP contribution in [-0.4, -0.2) is 18.2 Å². The first-order valence-corrected chi connectivity index (χ1v) is 6.93. The molecule has 0 spiro atoms. The fraction of sp³-hybridized carbons (Fsp3) is 0.500. The number of hydrogen-bond acceptors (Lipinski definition) is 3. The van der Waals surface area contributed by atoms with Gasteiger partial charge in [0.2, 0.25) is 9.67 Å². The van der Waals surface area contributed by atoms with Crippen molar-refractivity contribution in [3.8, 4) is 11.6 Å². The fourth-order valence-electron chi connectivity index (χ4n) is 1.19. The highest BCUT2D eigenvalue weighted by Gasteiger charge is 2.32. The van der Waals surface area contributed by atoms with Gasteiger partial charge >= 0.3 is 0 Å². The van der Waals surface area contributed by atoms with E-state index in [1.54, 1.807) is 13.8 Å². The molecule has 0 aliphatic heterocycles. The van der Waals surface area contributed by atoms with Crippen LogP contribution in [0.4, 0.5) is 0 Å². The van der Waals surface area contributed by atoms with Crippen molar-refractivity contribution in [2.24, 2.45) is 0 Å². The van der Waals surface area contributed by atoms with Crippen molar-refractivity contribution in [2.45, 2.75) is 17.6 Å². The Balaban J connectivity index is 3.45. The number of alkyl halides is 3. The van der Waals surface area contributed by atoms with E-state index in [-0.39, 0.29) is 27.4 Å². The summed E-state index contributed by atoms with van der Waals surface area (Å²) < 4.78 is 8.79. The van der Waals surface area contributed by atoms with Crippen molar-refractivity contribution >= 4 is 58.0 Å². The molecule has 102 valence electrons. The third-order valence-electron chi connectivity index (χ3n) is 1.85.